The van der Waals surface area contributed by atoms with Crippen LogP contribution in [0.1, 0.15) is 17.5 Å². The largest absolute Gasteiger partial charge is 0.493 e. The lowest BCUT2D eigenvalue weighted by molar-refractivity contribution is -0.122. The maximum atomic E-state index is 12.6. The number of halogens is 2. The van der Waals surface area contributed by atoms with E-state index in [1.807, 2.05) is 36.4 Å². The molecule has 1 saturated heterocycles. The van der Waals surface area contributed by atoms with Crippen LogP contribution >= 0.6 is 56.9 Å². The van der Waals surface area contributed by atoms with E-state index in [2.05, 4.69) is 45.2 Å². The average Bonchev–Trinajstić information content (AvgIpc) is 3.01. The Balaban J connectivity index is 1.77. The molecule has 0 bridgehead atoms. The first-order valence-electron chi connectivity index (χ1n) is 9.42. The minimum Gasteiger partial charge on any atom is -0.493 e. The third-order valence-electron chi connectivity index (χ3n) is 4.45. The van der Waals surface area contributed by atoms with Crippen LogP contribution < -0.4 is 9.47 Å². The molecule has 2 aromatic rings. The quantitative estimate of drug-likeness (QED) is 0.199. The molecule has 3 rings (SSSR count). The summed E-state index contributed by atoms with van der Waals surface area (Å²) in [7, 11) is 3.17. The lowest BCUT2D eigenvalue weighted by Crippen LogP contribution is -2.29. The van der Waals surface area contributed by atoms with Crippen LogP contribution in [0.3, 0.4) is 0 Å². The Morgan fingerprint density at radius 1 is 1.10 bits per heavy atom. The molecule has 0 aliphatic carbocycles. The number of rotatable bonds is 9. The third-order valence-corrected chi connectivity index (χ3v) is 6.88. The van der Waals surface area contributed by atoms with Gasteiger partial charge in [-0.05, 0) is 105 Å². The second kappa shape index (κ2) is 11.5. The molecule has 1 heterocycles. The molecule has 0 unspecified atom stereocenters. The van der Waals surface area contributed by atoms with Gasteiger partial charge in [-0.1, -0.05) is 12.1 Å². The average molecular weight is 665 g/mol. The summed E-state index contributed by atoms with van der Waals surface area (Å²) in [6.07, 6.45) is 2.33. The minimum atomic E-state index is -0.279. The van der Waals surface area contributed by atoms with Crippen molar-refractivity contribution in [1.82, 2.24) is 4.90 Å². The smallest absolute Gasteiger partial charge is 0.293 e. The number of amides is 2. The van der Waals surface area contributed by atoms with Gasteiger partial charge in [0.2, 0.25) is 0 Å². The lowest BCUT2D eigenvalue weighted by Gasteiger charge is -2.14. The molecule has 0 radical (unpaired) electrons. The molecule has 2 aromatic carbocycles. The van der Waals surface area contributed by atoms with Crippen molar-refractivity contribution in [3.8, 4) is 11.5 Å². The first-order chi connectivity index (χ1) is 14.9. The van der Waals surface area contributed by atoms with Crippen LogP contribution in [0.25, 0.3) is 6.08 Å². The molecule has 1 fully saturated rings. The van der Waals surface area contributed by atoms with Gasteiger partial charge in [0.25, 0.3) is 11.1 Å². The van der Waals surface area contributed by atoms with Crippen molar-refractivity contribution in [2.24, 2.45) is 0 Å². The van der Waals surface area contributed by atoms with Gasteiger partial charge in [0.1, 0.15) is 6.61 Å². The Hall–Kier alpha value is -1.31. The number of ether oxygens (including phenoxy) is 3. The molecule has 0 N–H and O–H groups in total. The molecule has 9 heteroatoms. The second-order valence-electron chi connectivity index (χ2n) is 6.63. The number of hydrogen-bond donors (Lipinski definition) is 0. The number of methoxy groups -OCH3 is 2. The molecule has 31 heavy (non-hydrogen) atoms. The Morgan fingerprint density at radius 2 is 1.84 bits per heavy atom. The van der Waals surface area contributed by atoms with Crippen LogP contribution in [0, 0.1) is 7.14 Å². The SMILES string of the molecule is COCCCN1C(=O)S/C(=C/c2cc(I)c(OCc3ccc(I)cc3)c(OC)c2)C1=O. The molecule has 0 spiro atoms. The summed E-state index contributed by atoms with van der Waals surface area (Å²) >= 11 is 5.40. The van der Waals surface area contributed by atoms with Crippen molar-refractivity contribution >= 4 is 74.2 Å². The molecular weight excluding hydrogens is 644 g/mol. The fraction of sp³-hybridized carbons (Fsp3) is 0.273. The van der Waals surface area contributed by atoms with Gasteiger partial charge < -0.3 is 14.2 Å². The zero-order valence-corrected chi connectivity index (χ0v) is 22.2. The summed E-state index contributed by atoms with van der Waals surface area (Å²) in [4.78, 5) is 26.5. The molecule has 6 nitrogen and oxygen atoms in total. The number of benzene rings is 2. The highest BCUT2D eigenvalue weighted by Gasteiger charge is 2.34. The Morgan fingerprint density at radius 3 is 2.52 bits per heavy atom. The van der Waals surface area contributed by atoms with Crippen molar-refractivity contribution in [3.63, 3.8) is 0 Å². The number of carbonyl (C=O) groups is 2. The van der Waals surface area contributed by atoms with Gasteiger partial charge in [0.05, 0.1) is 15.6 Å². The van der Waals surface area contributed by atoms with Gasteiger partial charge in [-0.3, -0.25) is 14.5 Å². The van der Waals surface area contributed by atoms with E-state index in [-0.39, 0.29) is 11.1 Å². The monoisotopic (exact) mass is 665 g/mol. The summed E-state index contributed by atoms with van der Waals surface area (Å²) in [5.41, 5.74) is 1.83. The summed E-state index contributed by atoms with van der Waals surface area (Å²) in [6, 6.07) is 11.8. The van der Waals surface area contributed by atoms with E-state index in [0.29, 0.717) is 42.6 Å². The van der Waals surface area contributed by atoms with Crippen LogP contribution in [0.2, 0.25) is 0 Å². The standard InChI is InChI=1S/C22H21I2NO5S/c1-28-9-3-8-25-21(26)19(31-22(25)27)12-15-10-17(24)20(18(11-15)29-2)30-13-14-4-6-16(23)7-5-14/h4-7,10-12H,3,8-9,13H2,1-2H3/b19-12+. The van der Waals surface area contributed by atoms with E-state index >= 15 is 0 Å². The van der Waals surface area contributed by atoms with Gasteiger partial charge >= 0.3 is 0 Å². The molecule has 2 amide bonds. The summed E-state index contributed by atoms with van der Waals surface area (Å²) in [6.45, 7) is 1.27. The third kappa shape index (κ3) is 6.36. The van der Waals surface area contributed by atoms with Crippen molar-refractivity contribution < 1.29 is 23.8 Å². The van der Waals surface area contributed by atoms with Gasteiger partial charge in [-0.2, -0.15) is 0 Å². The maximum absolute atomic E-state index is 12.6. The zero-order valence-electron chi connectivity index (χ0n) is 17.0. The Bertz CT molecular complexity index is 994. The molecule has 1 aliphatic rings. The summed E-state index contributed by atoms with van der Waals surface area (Å²) < 4.78 is 18.6. The predicted octanol–water partition coefficient (Wildman–Crippen LogP) is 5.56. The van der Waals surface area contributed by atoms with E-state index in [4.69, 9.17) is 14.2 Å². The van der Waals surface area contributed by atoms with E-state index in [1.165, 1.54) is 8.47 Å². The van der Waals surface area contributed by atoms with Crippen LogP contribution in [-0.4, -0.2) is 43.4 Å². The van der Waals surface area contributed by atoms with E-state index < -0.39 is 0 Å². The fourth-order valence-electron chi connectivity index (χ4n) is 2.91. The molecular formula is C22H21I2NO5S. The zero-order chi connectivity index (χ0) is 22.4. The van der Waals surface area contributed by atoms with Gasteiger partial charge in [-0.25, -0.2) is 0 Å². The summed E-state index contributed by atoms with van der Waals surface area (Å²) in [5, 5.41) is -0.258. The number of hydrogen-bond acceptors (Lipinski definition) is 6. The van der Waals surface area contributed by atoms with Crippen LogP contribution in [0.4, 0.5) is 4.79 Å². The summed E-state index contributed by atoms with van der Waals surface area (Å²) in [5.74, 6) is 0.938. The van der Waals surface area contributed by atoms with Gasteiger partial charge in [-0.15, -0.1) is 0 Å². The van der Waals surface area contributed by atoms with Crippen LogP contribution in [0.5, 0.6) is 11.5 Å². The van der Waals surface area contributed by atoms with Crippen molar-refractivity contribution in [1.29, 1.82) is 0 Å². The lowest BCUT2D eigenvalue weighted by atomic mass is 10.1. The second-order valence-corrected chi connectivity index (χ2v) is 10.0. The van der Waals surface area contributed by atoms with E-state index in [9.17, 15) is 9.59 Å². The predicted molar refractivity (Wildman–Crippen MR) is 138 cm³/mol. The molecule has 0 saturated carbocycles. The highest BCUT2D eigenvalue weighted by Crippen LogP contribution is 2.37. The number of carbonyl (C=O) groups excluding carboxylic acids is 2. The van der Waals surface area contributed by atoms with Crippen molar-refractivity contribution in [2.75, 3.05) is 27.4 Å². The normalized spacial score (nSPS) is 15.1. The number of imide groups is 1. The van der Waals surface area contributed by atoms with Crippen LogP contribution in [0.15, 0.2) is 41.3 Å². The maximum Gasteiger partial charge on any atom is 0.293 e. The van der Waals surface area contributed by atoms with Crippen molar-refractivity contribution in [3.05, 3.63) is 59.6 Å². The minimum absolute atomic E-state index is 0.258. The number of nitrogens with zero attached hydrogens (tertiary/aromatic N) is 1. The fourth-order valence-corrected chi connectivity index (χ4v) is 4.92. The Labute approximate surface area is 213 Å². The van der Waals surface area contributed by atoms with Gasteiger partial charge in [0, 0.05) is 23.8 Å². The highest BCUT2D eigenvalue weighted by molar-refractivity contribution is 14.1. The topological polar surface area (TPSA) is 65.1 Å². The van der Waals surface area contributed by atoms with E-state index in [1.54, 1.807) is 20.3 Å². The van der Waals surface area contributed by atoms with Gasteiger partial charge in [0.15, 0.2) is 11.5 Å². The highest BCUT2D eigenvalue weighted by atomic mass is 127. The Kier molecular flexibility index (Phi) is 9.05. The molecule has 1 aliphatic heterocycles. The molecule has 0 aromatic heterocycles. The van der Waals surface area contributed by atoms with Crippen LogP contribution in [-0.2, 0) is 16.1 Å². The van der Waals surface area contributed by atoms with E-state index in [0.717, 1.165) is 26.5 Å². The van der Waals surface area contributed by atoms with Crippen molar-refractivity contribution in [2.45, 2.75) is 13.0 Å². The molecule has 164 valence electrons. The first kappa shape index (κ1) is 24.3. The number of thioether (sulfide) groups is 1. The first-order valence-corrected chi connectivity index (χ1v) is 12.4. The molecule has 0 atom stereocenters.